The van der Waals surface area contributed by atoms with E-state index in [1.54, 1.807) is 12.2 Å². The first-order valence-corrected chi connectivity index (χ1v) is 10.8. The summed E-state index contributed by atoms with van der Waals surface area (Å²) in [4.78, 5) is 14.7. The standard InChI is InChI=1S/C25H32N2O3/c1-3-29-23-13-11-20(17-24(23)30-4-2)12-14-25(28)26-18-21-7-9-22(10-8-21)19-27-15-5-6-16-27/h7-14,17H,3-6,15-16,18-19H2,1-2H3,(H,26,28)/b14-12+. The Morgan fingerprint density at radius 3 is 2.33 bits per heavy atom. The average molecular weight is 409 g/mol. The molecule has 0 aromatic heterocycles. The van der Waals surface area contributed by atoms with E-state index in [4.69, 9.17) is 9.47 Å². The molecule has 5 nitrogen and oxygen atoms in total. The Labute approximate surface area is 179 Å². The van der Waals surface area contributed by atoms with Gasteiger partial charge >= 0.3 is 0 Å². The van der Waals surface area contributed by atoms with Gasteiger partial charge in [0.05, 0.1) is 13.2 Å². The minimum Gasteiger partial charge on any atom is -0.490 e. The van der Waals surface area contributed by atoms with Crippen molar-refractivity contribution in [2.75, 3.05) is 26.3 Å². The van der Waals surface area contributed by atoms with Crippen molar-refractivity contribution in [1.82, 2.24) is 10.2 Å². The number of amides is 1. The van der Waals surface area contributed by atoms with Crippen molar-refractivity contribution in [3.63, 3.8) is 0 Å². The molecule has 0 saturated carbocycles. The van der Waals surface area contributed by atoms with Crippen molar-refractivity contribution >= 4 is 12.0 Å². The first kappa shape index (κ1) is 21.9. The van der Waals surface area contributed by atoms with Crippen LogP contribution in [0.1, 0.15) is 43.4 Å². The number of likely N-dealkylation sites (tertiary alicyclic amines) is 1. The highest BCUT2D eigenvalue weighted by atomic mass is 16.5. The lowest BCUT2D eigenvalue weighted by atomic mass is 10.1. The molecule has 1 saturated heterocycles. The van der Waals surface area contributed by atoms with Crippen LogP contribution in [0.25, 0.3) is 6.08 Å². The third-order valence-corrected chi connectivity index (χ3v) is 5.09. The number of hydrogen-bond donors (Lipinski definition) is 1. The number of ether oxygens (including phenoxy) is 2. The Bertz CT molecular complexity index is 840. The Hall–Kier alpha value is -2.79. The molecule has 0 radical (unpaired) electrons. The molecule has 1 aliphatic heterocycles. The van der Waals surface area contributed by atoms with Crippen LogP contribution in [0.5, 0.6) is 11.5 Å². The van der Waals surface area contributed by atoms with Crippen LogP contribution in [-0.2, 0) is 17.9 Å². The van der Waals surface area contributed by atoms with Crippen molar-refractivity contribution in [1.29, 1.82) is 0 Å². The molecule has 1 N–H and O–H groups in total. The molecule has 1 aliphatic rings. The first-order chi connectivity index (χ1) is 14.7. The zero-order valence-corrected chi connectivity index (χ0v) is 18.0. The first-order valence-electron chi connectivity index (χ1n) is 10.8. The van der Waals surface area contributed by atoms with Crippen molar-refractivity contribution in [2.24, 2.45) is 0 Å². The quantitative estimate of drug-likeness (QED) is 0.592. The summed E-state index contributed by atoms with van der Waals surface area (Å²) in [6.45, 7) is 8.94. The predicted molar refractivity (Wildman–Crippen MR) is 121 cm³/mol. The molecule has 0 aliphatic carbocycles. The monoisotopic (exact) mass is 408 g/mol. The molecule has 2 aromatic rings. The van der Waals surface area contributed by atoms with Crippen molar-refractivity contribution < 1.29 is 14.3 Å². The number of carbonyl (C=O) groups is 1. The molecule has 1 heterocycles. The second-order valence-corrected chi connectivity index (χ2v) is 7.42. The Morgan fingerprint density at radius 2 is 1.63 bits per heavy atom. The minimum atomic E-state index is -0.122. The smallest absolute Gasteiger partial charge is 0.244 e. The van der Waals surface area contributed by atoms with Crippen LogP contribution in [0.4, 0.5) is 0 Å². The van der Waals surface area contributed by atoms with E-state index in [0.29, 0.717) is 31.3 Å². The molecule has 0 atom stereocenters. The van der Waals surface area contributed by atoms with E-state index in [-0.39, 0.29) is 5.91 Å². The Balaban J connectivity index is 1.50. The number of hydrogen-bond acceptors (Lipinski definition) is 4. The van der Waals surface area contributed by atoms with E-state index in [1.807, 2.05) is 32.0 Å². The number of nitrogens with one attached hydrogen (secondary N) is 1. The summed E-state index contributed by atoms with van der Waals surface area (Å²) >= 11 is 0. The topological polar surface area (TPSA) is 50.8 Å². The number of carbonyl (C=O) groups excluding carboxylic acids is 1. The normalized spacial score (nSPS) is 14.2. The summed E-state index contributed by atoms with van der Waals surface area (Å²) in [5, 5.41) is 2.94. The molecule has 160 valence electrons. The van der Waals surface area contributed by atoms with Crippen LogP contribution >= 0.6 is 0 Å². The molecular formula is C25H32N2O3. The van der Waals surface area contributed by atoms with E-state index in [2.05, 4.69) is 34.5 Å². The van der Waals surface area contributed by atoms with E-state index in [1.165, 1.54) is 31.5 Å². The van der Waals surface area contributed by atoms with Crippen LogP contribution in [0.3, 0.4) is 0 Å². The predicted octanol–water partition coefficient (Wildman–Crippen LogP) is 4.41. The van der Waals surface area contributed by atoms with Crippen LogP contribution in [0, 0.1) is 0 Å². The lowest BCUT2D eigenvalue weighted by Gasteiger charge is -2.14. The fourth-order valence-electron chi connectivity index (χ4n) is 3.55. The van der Waals surface area contributed by atoms with Gasteiger partial charge in [-0.15, -0.1) is 0 Å². The highest BCUT2D eigenvalue weighted by Crippen LogP contribution is 2.29. The Kier molecular flexibility index (Phi) is 8.33. The second-order valence-electron chi connectivity index (χ2n) is 7.42. The van der Waals surface area contributed by atoms with Gasteiger partial charge in [0.2, 0.25) is 5.91 Å². The summed E-state index contributed by atoms with van der Waals surface area (Å²) in [6, 6.07) is 14.2. The summed E-state index contributed by atoms with van der Waals surface area (Å²) in [5.41, 5.74) is 3.32. The molecule has 0 bridgehead atoms. The van der Waals surface area contributed by atoms with Gasteiger partial charge in [0.25, 0.3) is 0 Å². The lowest BCUT2D eigenvalue weighted by molar-refractivity contribution is -0.116. The molecule has 0 spiro atoms. The molecular weight excluding hydrogens is 376 g/mol. The summed E-state index contributed by atoms with van der Waals surface area (Å²) in [6.07, 6.45) is 5.95. The minimum absolute atomic E-state index is 0.122. The number of benzene rings is 2. The molecule has 5 heteroatoms. The average Bonchev–Trinajstić information content (AvgIpc) is 3.27. The van der Waals surface area contributed by atoms with Gasteiger partial charge in [0.1, 0.15) is 0 Å². The van der Waals surface area contributed by atoms with Gasteiger partial charge in [-0.05, 0) is 74.7 Å². The molecule has 1 amide bonds. The highest BCUT2D eigenvalue weighted by Gasteiger charge is 2.11. The molecule has 3 rings (SSSR count). The largest absolute Gasteiger partial charge is 0.490 e. The van der Waals surface area contributed by atoms with Gasteiger partial charge in [-0.1, -0.05) is 30.3 Å². The zero-order valence-electron chi connectivity index (χ0n) is 18.0. The SMILES string of the molecule is CCOc1ccc(/C=C/C(=O)NCc2ccc(CN3CCCC3)cc2)cc1OCC. The summed E-state index contributed by atoms with van der Waals surface area (Å²) < 4.78 is 11.2. The van der Waals surface area contributed by atoms with Crippen LogP contribution in [0.2, 0.25) is 0 Å². The van der Waals surface area contributed by atoms with Gasteiger partial charge in [0.15, 0.2) is 11.5 Å². The van der Waals surface area contributed by atoms with Gasteiger partial charge in [-0.2, -0.15) is 0 Å². The summed E-state index contributed by atoms with van der Waals surface area (Å²) in [7, 11) is 0. The highest BCUT2D eigenvalue weighted by molar-refractivity contribution is 5.91. The fraction of sp³-hybridized carbons (Fsp3) is 0.400. The maximum Gasteiger partial charge on any atom is 0.244 e. The third kappa shape index (κ3) is 6.63. The van der Waals surface area contributed by atoms with Gasteiger partial charge in [-0.25, -0.2) is 0 Å². The zero-order chi connectivity index (χ0) is 21.2. The summed E-state index contributed by atoms with van der Waals surface area (Å²) in [5.74, 6) is 1.29. The van der Waals surface area contributed by atoms with Gasteiger partial charge in [0, 0.05) is 19.2 Å². The van der Waals surface area contributed by atoms with Gasteiger partial charge < -0.3 is 14.8 Å². The molecule has 2 aromatic carbocycles. The maximum atomic E-state index is 12.2. The number of rotatable bonds is 10. The van der Waals surface area contributed by atoms with E-state index in [0.717, 1.165) is 17.7 Å². The van der Waals surface area contributed by atoms with Crippen LogP contribution in [-0.4, -0.2) is 37.1 Å². The fourth-order valence-corrected chi connectivity index (χ4v) is 3.55. The van der Waals surface area contributed by atoms with Crippen LogP contribution < -0.4 is 14.8 Å². The van der Waals surface area contributed by atoms with Crippen molar-refractivity contribution in [3.05, 3.63) is 65.2 Å². The van der Waals surface area contributed by atoms with E-state index >= 15 is 0 Å². The third-order valence-electron chi connectivity index (χ3n) is 5.09. The van der Waals surface area contributed by atoms with Crippen molar-refractivity contribution in [2.45, 2.75) is 39.8 Å². The maximum absolute atomic E-state index is 12.2. The second kappa shape index (κ2) is 11.4. The molecule has 0 unspecified atom stereocenters. The molecule has 1 fully saturated rings. The van der Waals surface area contributed by atoms with Gasteiger partial charge in [-0.3, -0.25) is 9.69 Å². The van der Waals surface area contributed by atoms with E-state index in [9.17, 15) is 4.79 Å². The molecule has 30 heavy (non-hydrogen) atoms. The van der Waals surface area contributed by atoms with Crippen LogP contribution in [0.15, 0.2) is 48.5 Å². The Morgan fingerprint density at radius 1 is 0.967 bits per heavy atom. The lowest BCUT2D eigenvalue weighted by Crippen LogP contribution is -2.20. The van der Waals surface area contributed by atoms with E-state index < -0.39 is 0 Å². The number of nitrogens with zero attached hydrogens (tertiary/aromatic N) is 1. The van der Waals surface area contributed by atoms with Crippen molar-refractivity contribution in [3.8, 4) is 11.5 Å².